The van der Waals surface area contributed by atoms with Crippen molar-refractivity contribution < 1.29 is 9.90 Å². The minimum atomic E-state index is -0.741. The lowest BCUT2D eigenvalue weighted by molar-refractivity contribution is -0.140. The molecule has 0 aliphatic carbocycles. The smallest absolute Gasteiger partial charge is 0.305 e. The van der Waals surface area contributed by atoms with Crippen LogP contribution in [0.1, 0.15) is 27.7 Å². The number of aliphatic carboxylic acids is 1. The van der Waals surface area contributed by atoms with Crippen LogP contribution in [0.15, 0.2) is 0 Å². The van der Waals surface area contributed by atoms with E-state index in [9.17, 15) is 4.79 Å². The van der Waals surface area contributed by atoms with Gasteiger partial charge in [-0.1, -0.05) is 27.7 Å². The second-order valence-corrected chi connectivity index (χ2v) is 5.55. The van der Waals surface area contributed by atoms with Gasteiger partial charge in [-0.3, -0.25) is 4.79 Å². The van der Waals surface area contributed by atoms with E-state index in [0.29, 0.717) is 15.2 Å². The lowest BCUT2D eigenvalue weighted by Crippen LogP contribution is -2.03. The molecule has 0 aromatic heterocycles. The summed E-state index contributed by atoms with van der Waals surface area (Å²) in [4.78, 5) is 9.70. The van der Waals surface area contributed by atoms with Crippen molar-refractivity contribution in [3.8, 4) is 0 Å². The van der Waals surface area contributed by atoms with Crippen LogP contribution < -0.4 is 0 Å². The highest BCUT2D eigenvalue weighted by molar-refractivity contribution is 6.34. The van der Waals surface area contributed by atoms with Crippen LogP contribution in [0.3, 0.4) is 0 Å². The van der Waals surface area contributed by atoms with Gasteiger partial charge in [0.15, 0.2) is 0 Å². The molecule has 0 atom stereocenters. The van der Waals surface area contributed by atoms with E-state index >= 15 is 0 Å². The number of carbonyl (C=O) groups is 1. The molecule has 0 fully saturated rings. The third-order valence-electron chi connectivity index (χ3n) is 1.20. The van der Waals surface area contributed by atoms with Crippen LogP contribution in [0.4, 0.5) is 0 Å². The Labute approximate surface area is 75.7 Å². The first kappa shape index (κ1) is 13.6. The van der Waals surface area contributed by atoms with Crippen LogP contribution in [0.25, 0.3) is 0 Å². The van der Waals surface area contributed by atoms with E-state index in [4.69, 9.17) is 5.11 Å². The molecule has 0 rings (SSSR count). The molecule has 66 valence electrons. The Morgan fingerprint density at radius 2 is 1.64 bits per heavy atom. The van der Waals surface area contributed by atoms with Gasteiger partial charge in [0.2, 0.25) is 15.2 Å². The average Bonchev–Trinajstić information content (AvgIpc) is 1.90. The molecule has 0 heterocycles. The minimum Gasteiger partial charge on any atom is -0.481 e. The number of rotatable bonds is 3. The lowest BCUT2D eigenvalue weighted by atomic mass is 10.2. The Balaban J connectivity index is 0. The van der Waals surface area contributed by atoms with Crippen molar-refractivity contribution >= 4 is 21.2 Å². The summed E-state index contributed by atoms with van der Waals surface area (Å²) in [5.74, 6) is -0.972. The molecule has 0 aromatic carbocycles. The predicted molar refractivity (Wildman–Crippen MR) is 50.6 cm³/mol. The fourth-order valence-electron chi connectivity index (χ4n) is 0.354. The van der Waals surface area contributed by atoms with E-state index in [2.05, 4.69) is 13.8 Å². The molecule has 0 radical (unpaired) electrons. The topological polar surface area (TPSA) is 37.3 Å². The van der Waals surface area contributed by atoms with Gasteiger partial charge in [-0.15, -0.1) is 10.6 Å². The summed E-state index contributed by atoms with van der Waals surface area (Å²) in [6.45, 7) is 7.83. The number of carboxylic acids is 1. The molecule has 0 aliphatic heterocycles. The largest absolute Gasteiger partial charge is 0.481 e. The first-order valence-electron chi connectivity index (χ1n) is 4.29. The van der Waals surface area contributed by atoms with Crippen molar-refractivity contribution in [3.05, 3.63) is 0 Å². The van der Waals surface area contributed by atoms with Gasteiger partial charge in [0.05, 0.1) is 5.92 Å². The van der Waals surface area contributed by atoms with Crippen LogP contribution >= 0.6 is 0 Å². The van der Waals surface area contributed by atoms with E-state index in [-0.39, 0.29) is 5.92 Å². The maximum absolute atomic E-state index is 9.70. The van der Waals surface area contributed by atoms with Gasteiger partial charge < -0.3 is 5.11 Å². The van der Waals surface area contributed by atoms with E-state index < -0.39 is 5.97 Å². The van der Waals surface area contributed by atoms with Crippen LogP contribution in [0.2, 0.25) is 10.6 Å². The second kappa shape index (κ2) is 10.0. The zero-order chi connectivity index (χ0) is 9.28. The number of carboxylic acid groups (broad SMARTS) is 1. The zero-order valence-electron chi connectivity index (χ0n) is 8.05. The van der Waals surface area contributed by atoms with E-state index in [1.165, 1.54) is 10.6 Å². The van der Waals surface area contributed by atoms with Crippen LogP contribution in [0, 0.1) is 5.92 Å². The fourth-order valence-corrected chi connectivity index (χ4v) is 1.06. The zero-order valence-corrected chi connectivity index (χ0v) is 9.47. The summed E-state index contributed by atoms with van der Waals surface area (Å²) in [6.07, 6.45) is 0. The molecule has 0 bridgehead atoms. The quantitative estimate of drug-likeness (QED) is 0.665. The first-order valence-corrected chi connectivity index (χ1v) is 6.29. The van der Waals surface area contributed by atoms with Gasteiger partial charge in [-0.25, -0.2) is 0 Å². The van der Waals surface area contributed by atoms with Crippen LogP contribution in [-0.4, -0.2) is 26.3 Å². The van der Waals surface area contributed by atoms with Crippen molar-refractivity contribution in [1.82, 2.24) is 0 Å². The van der Waals surface area contributed by atoms with Gasteiger partial charge >= 0.3 is 5.97 Å². The van der Waals surface area contributed by atoms with Gasteiger partial charge in [-0.2, -0.15) is 0 Å². The number of hydrogen-bond acceptors (Lipinski definition) is 1. The van der Waals surface area contributed by atoms with Crippen molar-refractivity contribution in [3.63, 3.8) is 0 Å². The molecule has 0 amide bonds. The average molecular weight is 174 g/mol. The summed E-state index contributed by atoms with van der Waals surface area (Å²) in [5.41, 5.74) is 0. The van der Waals surface area contributed by atoms with E-state index in [1.807, 2.05) is 0 Å². The summed E-state index contributed by atoms with van der Waals surface area (Å²) < 4.78 is 0. The second-order valence-electron chi connectivity index (χ2n) is 2.85. The maximum Gasteiger partial charge on any atom is 0.305 e. The van der Waals surface area contributed by atoms with Gasteiger partial charge in [0.1, 0.15) is 0 Å². The van der Waals surface area contributed by atoms with Gasteiger partial charge in [-0.05, 0) is 0 Å². The molecule has 0 unspecified atom stereocenters. The highest BCUT2D eigenvalue weighted by Gasteiger charge is 1.99. The highest BCUT2D eigenvalue weighted by atomic mass is 27.1. The summed E-state index contributed by atoms with van der Waals surface area (Å²) in [5, 5.41) is 11.0. The van der Waals surface area contributed by atoms with E-state index in [1.54, 1.807) is 13.8 Å². The number of hydrogen-bond donors (Lipinski definition) is 1. The molecular formula is C8H19AlO2. The Bertz CT molecular complexity index is 90.1. The summed E-state index contributed by atoms with van der Waals surface area (Å²) >= 11 is 0.432. The van der Waals surface area contributed by atoms with Crippen molar-refractivity contribution in [2.24, 2.45) is 5.92 Å². The third kappa shape index (κ3) is 17.8. The Morgan fingerprint density at radius 3 is 1.64 bits per heavy atom. The van der Waals surface area contributed by atoms with Crippen LogP contribution in [0.5, 0.6) is 0 Å². The standard InChI is InChI=1S/C4H8O2.2C2H5.Al.H/c1-3(2)4(5)6;2*1-2;;/h3H,1-2H3,(H,5,6);2*1H2,2H3;;. The highest BCUT2D eigenvalue weighted by Crippen LogP contribution is 1.87. The van der Waals surface area contributed by atoms with E-state index in [0.717, 1.165) is 0 Å². The molecule has 1 N–H and O–H groups in total. The molecule has 0 saturated carbocycles. The van der Waals surface area contributed by atoms with Crippen molar-refractivity contribution in [2.45, 2.75) is 38.3 Å². The maximum atomic E-state index is 9.70. The predicted octanol–water partition coefficient (Wildman–Crippen LogP) is 2.03. The van der Waals surface area contributed by atoms with Crippen molar-refractivity contribution in [1.29, 1.82) is 0 Å². The minimum absolute atomic E-state index is 0.231. The molecule has 3 heteroatoms. The summed E-state index contributed by atoms with van der Waals surface area (Å²) in [6, 6.07) is 0. The molecule has 0 saturated heterocycles. The Kier molecular flexibility index (Phi) is 12.4. The normalized spacial score (nSPS) is 8.45. The Hall–Kier alpha value is 0.00247. The molecule has 2 nitrogen and oxygen atoms in total. The van der Waals surface area contributed by atoms with Gasteiger partial charge in [0.25, 0.3) is 0 Å². The molecule has 0 aliphatic rings. The molecule has 0 spiro atoms. The summed E-state index contributed by atoms with van der Waals surface area (Å²) in [7, 11) is 0. The third-order valence-corrected chi connectivity index (χ3v) is 2.62. The lowest BCUT2D eigenvalue weighted by Gasteiger charge is -1.89. The first-order chi connectivity index (χ1) is 5.06. The molecule has 0 aromatic rings. The van der Waals surface area contributed by atoms with Gasteiger partial charge in [0, 0.05) is 0 Å². The SMILES string of the molecule is CC(C)C(=O)O.C[CH2][AlH][CH2]C. The van der Waals surface area contributed by atoms with Crippen molar-refractivity contribution in [2.75, 3.05) is 0 Å². The van der Waals surface area contributed by atoms with Crippen LogP contribution in [-0.2, 0) is 4.79 Å². The molecular weight excluding hydrogens is 155 g/mol. The monoisotopic (exact) mass is 174 g/mol. The fraction of sp³-hybridized carbons (Fsp3) is 0.875. The molecule has 11 heavy (non-hydrogen) atoms. The Morgan fingerprint density at radius 1 is 1.36 bits per heavy atom.